The Morgan fingerprint density at radius 2 is 0.821 bits per heavy atom. The second-order valence-electron chi connectivity index (χ2n) is 9.51. The molecule has 0 aliphatic heterocycles. The van der Waals surface area contributed by atoms with Gasteiger partial charge >= 0.3 is 0 Å². The molecule has 0 heterocycles. The van der Waals surface area contributed by atoms with Crippen LogP contribution in [0.2, 0.25) is 10.0 Å². The zero-order valence-corrected chi connectivity index (χ0v) is 27.3. The van der Waals surface area contributed by atoms with Crippen molar-refractivity contribution in [1.82, 2.24) is 21.3 Å². The van der Waals surface area contributed by atoms with Crippen molar-refractivity contribution in [2.24, 2.45) is 0 Å². The first-order chi connectivity index (χ1) is 18.8. The molecule has 2 rings (SSSR count). The molecular weight excluding hydrogens is 587 g/mol. The van der Waals surface area contributed by atoms with Gasteiger partial charge < -0.3 is 21.3 Å². The summed E-state index contributed by atoms with van der Waals surface area (Å²) >= 11 is 12.4. The Labute approximate surface area is 262 Å². The van der Waals surface area contributed by atoms with Gasteiger partial charge in [0.1, 0.15) is 0 Å². The Morgan fingerprint density at radius 3 is 1.21 bits per heavy atom. The van der Waals surface area contributed by atoms with Crippen LogP contribution < -0.4 is 21.3 Å². The summed E-state index contributed by atoms with van der Waals surface area (Å²) in [6.45, 7) is 8.33. The van der Waals surface area contributed by atoms with Crippen LogP contribution in [0.3, 0.4) is 0 Å². The van der Waals surface area contributed by atoms with Gasteiger partial charge in [-0.25, -0.2) is 0 Å². The van der Waals surface area contributed by atoms with Crippen molar-refractivity contribution in [3.8, 4) is 0 Å². The smallest absolute Gasteiger partial charge is 0.0450 e. The predicted molar refractivity (Wildman–Crippen MR) is 181 cm³/mol. The van der Waals surface area contributed by atoms with Gasteiger partial charge in [0.25, 0.3) is 0 Å². The van der Waals surface area contributed by atoms with Gasteiger partial charge in [-0.2, -0.15) is 0 Å². The van der Waals surface area contributed by atoms with Crippen LogP contribution >= 0.6 is 57.2 Å². The van der Waals surface area contributed by atoms with Crippen molar-refractivity contribution >= 4 is 57.2 Å². The normalized spacial score (nSPS) is 11.0. The average Bonchev–Trinajstić information content (AvgIpc) is 2.93. The Kier molecular flexibility index (Phi) is 25.3. The van der Waals surface area contributed by atoms with Gasteiger partial charge in [0.2, 0.25) is 0 Å². The fourth-order valence-electron chi connectivity index (χ4n) is 4.03. The second-order valence-corrected chi connectivity index (χ2v) is 13.0. The average molecular weight is 636 g/mol. The molecule has 39 heavy (non-hydrogen) atoms. The van der Waals surface area contributed by atoms with Gasteiger partial charge in [-0.1, -0.05) is 107 Å². The zero-order chi connectivity index (χ0) is 26.9. The van der Waals surface area contributed by atoms with Gasteiger partial charge in [-0.15, -0.1) is 12.4 Å². The van der Waals surface area contributed by atoms with E-state index in [2.05, 4.69) is 33.4 Å². The molecule has 0 aliphatic rings. The second kappa shape index (κ2) is 26.7. The molecule has 0 saturated heterocycles. The quantitative estimate of drug-likeness (QED) is 0.0656. The molecule has 0 saturated carbocycles. The van der Waals surface area contributed by atoms with Crippen LogP contribution in [0.1, 0.15) is 62.5 Å². The highest BCUT2D eigenvalue weighted by atomic mass is 35.5. The number of benzene rings is 2. The molecule has 4 N–H and O–H groups in total. The lowest BCUT2D eigenvalue weighted by molar-refractivity contribution is 0.569. The van der Waals surface area contributed by atoms with E-state index in [0.717, 1.165) is 62.4 Å². The molecule has 0 aliphatic carbocycles. The zero-order valence-electron chi connectivity index (χ0n) is 23.3. The SMILES string of the molecule is Cl.Clc1ccccc1CNCCCCCCNCCSSCCNCCCCCCNCc1ccccc1Cl. The van der Waals surface area contributed by atoms with Crippen LogP contribution in [0, 0.1) is 0 Å². The molecule has 2 aromatic carbocycles. The monoisotopic (exact) mass is 634 g/mol. The minimum Gasteiger partial charge on any atom is -0.316 e. The van der Waals surface area contributed by atoms with Crippen molar-refractivity contribution in [2.75, 3.05) is 50.8 Å². The Bertz CT molecular complexity index is 765. The lowest BCUT2D eigenvalue weighted by Crippen LogP contribution is -2.19. The largest absolute Gasteiger partial charge is 0.316 e. The third-order valence-corrected chi connectivity index (χ3v) is 9.41. The fraction of sp³-hybridized carbons (Fsp3) is 0.600. The molecule has 0 radical (unpaired) electrons. The van der Waals surface area contributed by atoms with Crippen LogP contribution in [-0.2, 0) is 13.1 Å². The van der Waals surface area contributed by atoms with Gasteiger partial charge in [0.05, 0.1) is 0 Å². The maximum atomic E-state index is 6.18. The first kappa shape index (κ1) is 36.9. The van der Waals surface area contributed by atoms with Crippen LogP contribution in [0.5, 0.6) is 0 Å². The van der Waals surface area contributed by atoms with E-state index in [1.54, 1.807) is 0 Å². The number of nitrogens with one attached hydrogen (secondary N) is 4. The predicted octanol–water partition coefficient (Wildman–Crippen LogP) is 7.98. The number of hydrogen-bond acceptors (Lipinski definition) is 6. The molecule has 2 aromatic rings. The summed E-state index contributed by atoms with van der Waals surface area (Å²) in [4.78, 5) is 0. The van der Waals surface area contributed by atoms with Gasteiger partial charge in [-0.3, -0.25) is 0 Å². The third kappa shape index (κ3) is 20.4. The Hall–Kier alpha value is -0.150. The standard InChI is InChI=1S/C30H48Cl2N4S2.ClH/c31-29-15-7-5-13-27(29)25-35-19-11-3-1-9-17-33-21-23-37-38-24-22-34-18-10-2-4-12-20-36-26-28-14-6-8-16-30(28)32;/h5-8,13-16,33-36H,1-4,9-12,17-26H2;1H. The molecule has 0 bridgehead atoms. The van der Waals surface area contributed by atoms with Crippen LogP contribution in [0.25, 0.3) is 0 Å². The summed E-state index contributed by atoms with van der Waals surface area (Å²) < 4.78 is 0. The van der Waals surface area contributed by atoms with E-state index in [4.69, 9.17) is 23.2 Å². The van der Waals surface area contributed by atoms with E-state index >= 15 is 0 Å². The lowest BCUT2D eigenvalue weighted by Gasteiger charge is -2.08. The number of halogens is 3. The Morgan fingerprint density at radius 1 is 0.462 bits per heavy atom. The molecule has 4 nitrogen and oxygen atoms in total. The fourth-order valence-corrected chi connectivity index (χ4v) is 6.34. The summed E-state index contributed by atoms with van der Waals surface area (Å²) in [5, 5.41) is 15.9. The molecule has 9 heteroatoms. The highest BCUT2D eigenvalue weighted by Crippen LogP contribution is 2.19. The van der Waals surface area contributed by atoms with Gasteiger partial charge in [-0.05, 0) is 75.1 Å². The number of hydrogen-bond donors (Lipinski definition) is 4. The van der Waals surface area contributed by atoms with E-state index in [9.17, 15) is 0 Å². The van der Waals surface area contributed by atoms with Crippen LogP contribution in [-0.4, -0.2) is 50.8 Å². The third-order valence-electron chi connectivity index (χ3n) is 6.27. The summed E-state index contributed by atoms with van der Waals surface area (Å²) in [7, 11) is 3.98. The minimum atomic E-state index is 0. The van der Waals surface area contributed by atoms with E-state index in [0.29, 0.717) is 0 Å². The van der Waals surface area contributed by atoms with Crippen molar-refractivity contribution < 1.29 is 0 Å². The van der Waals surface area contributed by atoms with Gasteiger partial charge in [0.15, 0.2) is 0 Å². The molecule has 0 aromatic heterocycles. The molecule has 0 spiro atoms. The lowest BCUT2D eigenvalue weighted by atomic mass is 10.2. The summed E-state index contributed by atoms with van der Waals surface area (Å²) in [6.07, 6.45) is 10.2. The highest BCUT2D eigenvalue weighted by Gasteiger charge is 1.99. The molecular formula is C30H49Cl3N4S2. The first-order valence-corrected chi connectivity index (χ1v) is 17.6. The van der Waals surface area contributed by atoms with Crippen LogP contribution in [0.15, 0.2) is 48.5 Å². The summed E-state index contributed by atoms with van der Waals surface area (Å²) in [6, 6.07) is 16.1. The summed E-state index contributed by atoms with van der Waals surface area (Å²) in [5.74, 6) is 2.36. The maximum absolute atomic E-state index is 6.18. The van der Waals surface area contributed by atoms with Crippen molar-refractivity contribution in [3.63, 3.8) is 0 Å². The van der Waals surface area contributed by atoms with Crippen molar-refractivity contribution in [1.29, 1.82) is 0 Å². The molecule has 222 valence electrons. The van der Waals surface area contributed by atoms with E-state index in [1.165, 1.54) is 74.0 Å². The molecule has 0 amide bonds. The molecule has 0 unspecified atom stereocenters. The Balaban J connectivity index is 0.00000760. The summed E-state index contributed by atoms with van der Waals surface area (Å²) in [5.41, 5.74) is 2.37. The van der Waals surface area contributed by atoms with Crippen LogP contribution in [0.4, 0.5) is 0 Å². The number of rotatable bonds is 25. The van der Waals surface area contributed by atoms with Gasteiger partial charge in [0, 0.05) is 47.7 Å². The van der Waals surface area contributed by atoms with Crippen molar-refractivity contribution in [3.05, 3.63) is 69.7 Å². The minimum absolute atomic E-state index is 0. The maximum Gasteiger partial charge on any atom is 0.0450 e. The molecule has 0 atom stereocenters. The van der Waals surface area contributed by atoms with E-state index in [1.807, 2.05) is 58.0 Å². The highest BCUT2D eigenvalue weighted by molar-refractivity contribution is 8.76. The number of unbranched alkanes of at least 4 members (excludes halogenated alkanes) is 6. The first-order valence-electron chi connectivity index (χ1n) is 14.3. The topological polar surface area (TPSA) is 48.1 Å². The van der Waals surface area contributed by atoms with E-state index in [-0.39, 0.29) is 12.4 Å². The molecule has 0 fully saturated rings. The van der Waals surface area contributed by atoms with E-state index < -0.39 is 0 Å². The van der Waals surface area contributed by atoms with Crippen molar-refractivity contribution in [2.45, 2.75) is 64.5 Å².